The zero-order chi connectivity index (χ0) is 40.1. The summed E-state index contributed by atoms with van der Waals surface area (Å²) in [6, 6.07) is 38.0. The molecule has 5 aromatic rings. The van der Waals surface area contributed by atoms with Crippen LogP contribution >= 0.6 is 0 Å². The Morgan fingerprint density at radius 1 is 0.517 bits per heavy atom. The summed E-state index contributed by atoms with van der Waals surface area (Å²) >= 11 is 0. The molecule has 1 aliphatic heterocycles. The second kappa shape index (κ2) is 18.2. The lowest BCUT2D eigenvalue weighted by Crippen LogP contribution is -2.33. The van der Waals surface area contributed by atoms with Gasteiger partial charge >= 0.3 is 0 Å². The molecule has 1 heterocycles. The number of hydrogen-bond acceptors (Lipinski definition) is 5. The molecule has 0 spiro atoms. The van der Waals surface area contributed by atoms with Gasteiger partial charge in [0.1, 0.15) is 10.9 Å². The van der Waals surface area contributed by atoms with E-state index in [0.717, 1.165) is 92.4 Å². The molecular formula is C49H56NO5S3+. The van der Waals surface area contributed by atoms with Gasteiger partial charge in [-0.2, -0.15) is 0 Å². The highest BCUT2D eigenvalue weighted by Gasteiger charge is 2.39. The normalized spacial score (nSPS) is 18.3. The third-order valence-corrected chi connectivity index (χ3v) is 18.4. The van der Waals surface area contributed by atoms with Gasteiger partial charge in [0.25, 0.3) is 20.0 Å². The van der Waals surface area contributed by atoms with Gasteiger partial charge in [0.2, 0.25) is 9.79 Å². The van der Waals surface area contributed by atoms with Gasteiger partial charge in [-0.05, 0) is 128 Å². The van der Waals surface area contributed by atoms with Crippen molar-refractivity contribution in [2.45, 2.75) is 145 Å². The summed E-state index contributed by atoms with van der Waals surface area (Å²) < 4.78 is 63.3. The van der Waals surface area contributed by atoms with Gasteiger partial charge in [0.05, 0.1) is 9.79 Å². The summed E-state index contributed by atoms with van der Waals surface area (Å²) in [4.78, 5) is 4.10. The predicted molar refractivity (Wildman–Crippen MR) is 234 cm³/mol. The molecule has 4 aliphatic rings. The van der Waals surface area contributed by atoms with Crippen molar-refractivity contribution in [1.29, 1.82) is 0 Å². The molecule has 0 radical (unpaired) electrons. The van der Waals surface area contributed by atoms with Crippen LogP contribution in [0.2, 0.25) is 0 Å². The third kappa shape index (κ3) is 9.13. The second-order valence-corrected chi connectivity index (χ2v) is 22.1. The molecule has 304 valence electrons. The van der Waals surface area contributed by atoms with Gasteiger partial charge in [-0.3, -0.25) is 0 Å². The largest absolute Gasteiger partial charge is 0.447 e. The molecule has 9 rings (SSSR count). The van der Waals surface area contributed by atoms with E-state index in [4.69, 9.17) is 4.74 Å². The zero-order valence-corrected chi connectivity index (χ0v) is 36.0. The van der Waals surface area contributed by atoms with Crippen molar-refractivity contribution >= 4 is 30.9 Å². The molecule has 0 aromatic heterocycles. The highest BCUT2D eigenvalue weighted by atomic mass is 32.3. The number of aryl methyl sites for hydroxylation is 1. The van der Waals surface area contributed by atoms with E-state index in [1.807, 2.05) is 31.2 Å². The van der Waals surface area contributed by atoms with Gasteiger partial charge in [-0.1, -0.05) is 130 Å². The minimum Gasteiger partial charge on any atom is -0.447 e. The molecule has 0 bridgehead atoms. The van der Waals surface area contributed by atoms with Crippen LogP contribution in [-0.4, -0.2) is 16.8 Å². The lowest BCUT2D eigenvalue weighted by Gasteiger charge is -2.32. The van der Waals surface area contributed by atoms with Crippen LogP contribution in [-0.2, 0) is 30.9 Å². The summed E-state index contributed by atoms with van der Waals surface area (Å²) in [6.07, 6.45) is 16.6. The van der Waals surface area contributed by atoms with Gasteiger partial charge in [0, 0.05) is 0 Å². The number of para-hydroxylation sites is 2. The number of benzene rings is 5. The fourth-order valence-corrected chi connectivity index (χ4v) is 15.2. The average molecular weight is 835 g/mol. The topological polar surface area (TPSA) is 89.5 Å². The molecule has 0 unspecified atom stereocenters. The molecule has 1 N–H and O–H groups in total. The Hall–Kier alpha value is -3.89. The molecular weight excluding hydrogens is 779 g/mol. The monoisotopic (exact) mass is 834 g/mol. The summed E-state index contributed by atoms with van der Waals surface area (Å²) in [5, 5.41) is 0. The number of nitrogens with one attached hydrogen (secondary N) is 1. The van der Waals surface area contributed by atoms with Crippen LogP contribution in [0.5, 0.6) is 11.5 Å². The van der Waals surface area contributed by atoms with Crippen LogP contribution in [0.25, 0.3) is 0 Å². The number of fused-ring (bicyclic) bond motifs is 2. The Morgan fingerprint density at radius 3 is 1.47 bits per heavy atom. The highest BCUT2D eigenvalue weighted by Crippen LogP contribution is 2.48. The maximum absolute atomic E-state index is 14.2. The lowest BCUT2D eigenvalue weighted by atomic mass is 9.76. The first-order chi connectivity index (χ1) is 28.2. The maximum atomic E-state index is 14.2. The van der Waals surface area contributed by atoms with Crippen molar-refractivity contribution in [2.24, 2.45) is 0 Å². The molecule has 58 heavy (non-hydrogen) atoms. The van der Waals surface area contributed by atoms with Crippen molar-refractivity contribution in [2.75, 3.05) is 0 Å². The molecule has 0 atom stereocenters. The minimum atomic E-state index is -4.32. The quantitative estimate of drug-likeness (QED) is 0.154. The first-order valence-corrected chi connectivity index (χ1v) is 25.6. The van der Waals surface area contributed by atoms with E-state index in [1.54, 1.807) is 12.1 Å². The fraction of sp³-hybridized carbons (Fsp3) is 0.388. The minimum absolute atomic E-state index is 0.0241. The SMILES string of the molecule is Cc1ccc(S(=O)(=O)NS(=O)(=O)c2c(C3CCCCC3)cc(C3CCCCC3)cc2C2CCCCC2)cc1.c1ccc([S+]2c3ccccc3Oc3ccccc32)cc1. The Kier molecular flexibility index (Phi) is 12.8. The molecule has 9 heteroatoms. The number of sulfonamides is 2. The molecule has 6 nitrogen and oxygen atoms in total. The van der Waals surface area contributed by atoms with Gasteiger partial charge in [-0.15, -0.1) is 4.13 Å². The Bertz CT molecular complexity index is 2310. The van der Waals surface area contributed by atoms with E-state index >= 15 is 0 Å². The summed E-state index contributed by atoms with van der Waals surface area (Å²) in [5.41, 5.74) is 3.95. The fourth-order valence-electron chi connectivity index (χ4n) is 9.52. The van der Waals surface area contributed by atoms with E-state index in [9.17, 15) is 16.8 Å². The van der Waals surface area contributed by atoms with E-state index in [-0.39, 0.29) is 32.5 Å². The van der Waals surface area contributed by atoms with Crippen LogP contribution in [0.3, 0.4) is 0 Å². The summed E-state index contributed by atoms with van der Waals surface area (Å²) in [5.74, 6) is 2.72. The van der Waals surface area contributed by atoms with Crippen LogP contribution < -0.4 is 8.86 Å². The van der Waals surface area contributed by atoms with Crippen LogP contribution in [0.4, 0.5) is 0 Å². The summed E-state index contributed by atoms with van der Waals surface area (Å²) in [6.45, 7) is 1.88. The van der Waals surface area contributed by atoms with Crippen LogP contribution in [0.15, 0.2) is 140 Å². The lowest BCUT2D eigenvalue weighted by molar-refractivity contribution is 0.419. The highest BCUT2D eigenvalue weighted by molar-refractivity contribution is 8.04. The van der Waals surface area contributed by atoms with Gasteiger partial charge in [-0.25, -0.2) is 16.8 Å². The molecule has 3 fully saturated rings. The van der Waals surface area contributed by atoms with Crippen molar-refractivity contribution in [3.63, 3.8) is 0 Å². The first kappa shape index (κ1) is 40.9. The van der Waals surface area contributed by atoms with Crippen molar-refractivity contribution < 1.29 is 21.6 Å². The van der Waals surface area contributed by atoms with E-state index in [2.05, 4.69) is 70.9 Å². The van der Waals surface area contributed by atoms with Gasteiger partial charge < -0.3 is 4.74 Å². The standard InChI is InChI=1S/C31H43NO4S2.C18H13OS/c1-23-17-19-28(20-18-23)37(33,34)32-38(35,36)31-29(25-13-7-3-8-14-25)21-27(24-11-5-2-6-12-24)22-30(31)26-15-9-4-10-16-26;1-2-8-14(9-3-1)20-17-12-6-4-10-15(17)19-16-11-5-7-13-18(16)20/h17-22,24-26,32H,2-16H2,1H3;1-13H/q;+1. The van der Waals surface area contributed by atoms with Gasteiger partial charge in [0.15, 0.2) is 16.4 Å². The molecule has 0 saturated heterocycles. The molecule has 0 amide bonds. The Labute approximate surface area is 349 Å². The third-order valence-electron chi connectivity index (χ3n) is 12.5. The first-order valence-electron chi connectivity index (χ1n) is 21.4. The zero-order valence-electron chi connectivity index (χ0n) is 33.6. The van der Waals surface area contributed by atoms with E-state index in [1.165, 1.54) is 64.5 Å². The predicted octanol–water partition coefficient (Wildman–Crippen LogP) is 12.7. The smallest absolute Gasteiger partial charge is 0.254 e. The average Bonchev–Trinajstić information content (AvgIpc) is 3.26. The van der Waals surface area contributed by atoms with E-state index < -0.39 is 20.0 Å². The van der Waals surface area contributed by atoms with E-state index in [0.29, 0.717) is 5.92 Å². The second-order valence-electron chi connectivity index (χ2n) is 16.6. The Balaban J connectivity index is 0.000000195. The maximum Gasteiger partial charge on any atom is 0.254 e. The number of hydrogen-bond donors (Lipinski definition) is 1. The number of rotatable bonds is 8. The summed E-state index contributed by atoms with van der Waals surface area (Å²) in [7, 11) is -8.65. The van der Waals surface area contributed by atoms with Crippen molar-refractivity contribution in [1.82, 2.24) is 4.13 Å². The van der Waals surface area contributed by atoms with Crippen molar-refractivity contribution in [3.05, 3.63) is 138 Å². The molecule has 3 saturated carbocycles. The number of ether oxygens (including phenoxy) is 1. The molecule has 5 aromatic carbocycles. The Morgan fingerprint density at radius 2 is 0.966 bits per heavy atom. The van der Waals surface area contributed by atoms with Crippen molar-refractivity contribution in [3.8, 4) is 11.5 Å². The van der Waals surface area contributed by atoms with Crippen LogP contribution in [0, 0.1) is 6.92 Å². The van der Waals surface area contributed by atoms with Crippen LogP contribution in [0.1, 0.15) is 136 Å². The molecule has 3 aliphatic carbocycles.